The first-order chi connectivity index (χ1) is 14.6. The van der Waals surface area contributed by atoms with Crippen LogP contribution in [-0.2, 0) is 0 Å². The van der Waals surface area contributed by atoms with E-state index in [1.807, 2.05) is 54.6 Å². The van der Waals surface area contributed by atoms with Gasteiger partial charge in [-0.1, -0.05) is 46.3 Å². The largest absolute Gasteiger partial charge is 0.269 e. The second-order valence-electron chi connectivity index (χ2n) is 6.71. The molecule has 2 heterocycles. The van der Waals surface area contributed by atoms with Crippen molar-refractivity contribution in [2.45, 2.75) is 0 Å². The molecule has 0 atom stereocenters. The standard InChI is InChI=1S/C23H14BrFN4O/c24-16-9-11-19(12-10-16)29-22(15-5-4-6-17(25)13-15)26-21-20(23(29)30)14-28(27-21)18-7-2-1-3-8-18/h1-14H. The van der Waals surface area contributed by atoms with Gasteiger partial charge in [0.2, 0.25) is 0 Å². The quantitative estimate of drug-likeness (QED) is 0.374. The Bertz CT molecular complexity index is 1430. The first kappa shape index (κ1) is 18.4. The van der Waals surface area contributed by atoms with Gasteiger partial charge in [-0.15, -0.1) is 5.10 Å². The van der Waals surface area contributed by atoms with Gasteiger partial charge in [0.1, 0.15) is 17.0 Å². The lowest BCUT2D eigenvalue weighted by Gasteiger charge is -2.12. The monoisotopic (exact) mass is 460 g/mol. The molecular weight excluding hydrogens is 447 g/mol. The Balaban J connectivity index is 1.82. The molecule has 2 aromatic heterocycles. The fraction of sp³-hybridized carbons (Fsp3) is 0. The Morgan fingerprint density at radius 3 is 2.37 bits per heavy atom. The molecule has 146 valence electrons. The summed E-state index contributed by atoms with van der Waals surface area (Å²) in [5.74, 6) is -0.0772. The molecule has 0 aliphatic rings. The molecule has 30 heavy (non-hydrogen) atoms. The first-order valence-corrected chi connectivity index (χ1v) is 9.99. The first-order valence-electron chi connectivity index (χ1n) is 9.20. The summed E-state index contributed by atoms with van der Waals surface area (Å²) >= 11 is 3.41. The number of nitrogens with zero attached hydrogens (tertiary/aromatic N) is 4. The lowest BCUT2D eigenvalue weighted by atomic mass is 10.2. The van der Waals surface area contributed by atoms with E-state index >= 15 is 0 Å². The average Bonchev–Trinajstić information content (AvgIpc) is 3.20. The summed E-state index contributed by atoms with van der Waals surface area (Å²) in [6.07, 6.45) is 1.67. The van der Waals surface area contributed by atoms with Crippen molar-refractivity contribution in [1.82, 2.24) is 19.3 Å². The van der Waals surface area contributed by atoms with Crippen LogP contribution in [0, 0.1) is 5.82 Å². The van der Waals surface area contributed by atoms with Gasteiger partial charge in [0.25, 0.3) is 5.56 Å². The van der Waals surface area contributed by atoms with Crippen molar-refractivity contribution in [2.75, 3.05) is 0 Å². The number of aromatic nitrogens is 4. The van der Waals surface area contributed by atoms with Crippen LogP contribution in [-0.4, -0.2) is 19.3 Å². The van der Waals surface area contributed by atoms with Gasteiger partial charge < -0.3 is 0 Å². The number of para-hydroxylation sites is 1. The molecular formula is C23H14BrFN4O. The third-order valence-electron chi connectivity index (χ3n) is 4.74. The van der Waals surface area contributed by atoms with Crippen LogP contribution in [0.2, 0.25) is 0 Å². The zero-order chi connectivity index (χ0) is 20.7. The molecule has 5 rings (SSSR count). The summed E-state index contributed by atoms with van der Waals surface area (Å²) in [6.45, 7) is 0. The van der Waals surface area contributed by atoms with E-state index in [4.69, 9.17) is 0 Å². The van der Waals surface area contributed by atoms with Crippen molar-refractivity contribution in [3.8, 4) is 22.8 Å². The fourth-order valence-corrected chi connectivity index (χ4v) is 3.59. The highest BCUT2D eigenvalue weighted by molar-refractivity contribution is 9.10. The van der Waals surface area contributed by atoms with E-state index < -0.39 is 5.82 Å². The van der Waals surface area contributed by atoms with E-state index in [9.17, 15) is 9.18 Å². The van der Waals surface area contributed by atoms with Crippen LogP contribution < -0.4 is 5.56 Å². The summed E-state index contributed by atoms with van der Waals surface area (Å²) in [5.41, 5.74) is 1.97. The molecule has 0 saturated heterocycles. The Labute approximate surface area is 179 Å². The molecule has 0 spiro atoms. The number of halogens is 2. The third-order valence-corrected chi connectivity index (χ3v) is 5.27. The molecule has 0 N–H and O–H groups in total. The number of benzene rings is 3. The van der Waals surface area contributed by atoms with Crippen molar-refractivity contribution >= 4 is 27.0 Å². The Morgan fingerprint density at radius 1 is 0.867 bits per heavy atom. The zero-order valence-corrected chi connectivity index (χ0v) is 17.1. The number of fused-ring (bicyclic) bond motifs is 1. The molecule has 7 heteroatoms. The lowest BCUT2D eigenvalue weighted by molar-refractivity contribution is 0.628. The van der Waals surface area contributed by atoms with Crippen molar-refractivity contribution in [2.24, 2.45) is 0 Å². The van der Waals surface area contributed by atoms with Gasteiger partial charge in [0.15, 0.2) is 5.65 Å². The predicted molar refractivity (Wildman–Crippen MR) is 118 cm³/mol. The number of hydrogen-bond donors (Lipinski definition) is 0. The smallest absolute Gasteiger partial charge is 0.268 e. The SMILES string of the molecule is O=c1c2cn(-c3ccccc3)nc2nc(-c2cccc(F)c2)n1-c1ccc(Br)cc1. The van der Waals surface area contributed by atoms with E-state index in [2.05, 4.69) is 26.0 Å². The molecule has 5 aromatic rings. The van der Waals surface area contributed by atoms with Crippen molar-refractivity contribution in [3.63, 3.8) is 0 Å². The van der Waals surface area contributed by atoms with Gasteiger partial charge in [-0.25, -0.2) is 14.1 Å². The minimum atomic E-state index is -0.404. The molecule has 0 unspecified atom stereocenters. The third kappa shape index (κ3) is 3.23. The van der Waals surface area contributed by atoms with Crippen molar-refractivity contribution in [1.29, 1.82) is 0 Å². The predicted octanol–water partition coefficient (Wildman–Crippen LogP) is 5.14. The molecule has 0 bridgehead atoms. The maximum atomic E-state index is 13.9. The normalized spacial score (nSPS) is 11.1. The summed E-state index contributed by atoms with van der Waals surface area (Å²) in [7, 11) is 0. The molecule has 0 saturated carbocycles. The van der Waals surface area contributed by atoms with E-state index in [0.717, 1.165) is 10.2 Å². The Kier molecular flexibility index (Phi) is 4.52. The van der Waals surface area contributed by atoms with Gasteiger partial charge in [-0.2, -0.15) is 0 Å². The van der Waals surface area contributed by atoms with Crippen LogP contribution in [0.25, 0.3) is 33.8 Å². The molecule has 0 fully saturated rings. The summed E-state index contributed by atoms with van der Waals surface area (Å²) in [4.78, 5) is 18.1. The second-order valence-corrected chi connectivity index (χ2v) is 7.62. The Hall–Kier alpha value is -3.58. The minimum absolute atomic E-state index is 0.274. The topological polar surface area (TPSA) is 52.7 Å². The number of rotatable bonds is 3. The van der Waals surface area contributed by atoms with Gasteiger partial charge in [0, 0.05) is 16.2 Å². The van der Waals surface area contributed by atoms with Crippen LogP contribution in [0.5, 0.6) is 0 Å². The number of hydrogen-bond acceptors (Lipinski definition) is 3. The molecule has 0 radical (unpaired) electrons. The van der Waals surface area contributed by atoms with Gasteiger partial charge in [-0.05, 0) is 48.5 Å². The van der Waals surface area contributed by atoms with Gasteiger partial charge in [-0.3, -0.25) is 9.36 Å². The highest BCUT2D eigenvalue weighted by Crippen LogP contribution is 2.24. The summed E-state index contributed by atoms with van der Waals surface area (Å²) in [6, 6.07) is 22.8. The molecule has 0 amide bonds. The van der Waals surface area contributed by atoms with Gasteiger partial charge >= 0.3 is 0 Å². The highest BCUT2D eigenvalue weighted by Gasteiger charge is 2.18. The highest BCUT2D eigenvalue weighted by atomic mass is 79.9. The Morgan fingerprint density at radius 2 is 1.63 bits per heavy atom. The van der Waals surface area contributed by atoms with E-state index in [0.29, 0.717) is 28.1 Å². The molecule has 3 aromatic carbocycles. The molecule has 5 nitrogen and oxygen atoms in total. The fourth-order valence-electron chi connectivity index (χ4n) is 3.33. The van der Waals surface area contributed by atoms with Crippen LogP contribution >= 0.6 is 15.9 Å². The van der Waals surface area contributed by atoms with E-state index in [-0.39, 0.29) is 5.56 Å². The van der Waals surface area contributed by atoms with Gasteiger partial charge in [0.05, 0.1) is 11.4 Å². The summed E-state index contributed by atoms with van der Waals surface area (Å²) < 4.78 is 17.9. The molecule has 0 aliphatic heterocycles. The second kappa shape index (κ2) is 7.35. The van der Waals surface area contributed by atoms with E-state index in [1.54, 1.807) is 23.0 Å². The molecule has 0 aliphatic carbocycles. The van der Waals surface area contributed by atoms with Crippen LogP contribution in [0.1, 0.15) is 0 Å². The van der Waals surface area contributed by atoms with Crippen LogP contribution in [0.15, 0.2) is 94.3 Å². The average molecular weight is 461 g/mol. The zero-order valence-electron chi connectivity index (χ0n) is 15.5. The van der Waals surface area contributed by atoms with E-state index in [1.165, 1.54) is 16.7 Å². The maximum absolute atomic E-state index is 13.9. The van der Waals surface area contributed by atoms with Crippen molar-refractivity contribution in [3.05, 3.63) is 106 Å². The van der Waals surface area contributed by atoms with Crippen LogP contribution in [0.4, 0.5) is 4.39 Å². The lowest BCUT2D eigenvalue weighted by Crippen LogP contribution is -2.21. The van der Waals surface area contributed by atoms with Crippen molar-refractivity contribution < 1.29 is 4.39 Å². The maximum Gasteiger partial charge on any atom is 0.269 e. The summed E-state index contributed by atoms with van der Waals surface area (Å²) in [5, 5.41) is 4.87. The minimum Gasteiger partial charge on any atom is -0.268 e. The van der Waals surface area contributed by atoms with Crippen LogP contribution in [0.3, 0.4) is 0 Å².